The zero-order valence-corrected chi connectivity index (χ0v) is 15.8. The molecule has 3 aliphatic rings. The van der Waals surface area contributed by atoms with Crippen molar-refractivity contribution in [3.63, 3.8) is 0 Å². The molecule has 9 heteroatoms. The Morgan fingerprint density at radius 1 is 1.04 bits per heavy atom. The number of hydrogen-bond donors (Lipinski definition) is 1. The number of carbonyl (C=O) groups excluding carboxylic acids is 1. The highest BCUT2D eigenvalue weighted by atomic mass is 32.2. The molecule has 2 heterocycles. The van der Waals surface area contributed by atoms with E-state index in [1.807, 2.05) is 6.92 Å². The third-order valence-electron chi connectivity index (χ3n) is 5.73. The molecule has 1 saturated carbocycles. The van der Waals surface area contributed by atoms with Crippen LogP contribution < -0.4 is 5.73 Å². The smallest absolute Gasteiger partial charge is 0.282 e. The highest BCUT2D eigenvalue weighted by Crippen LogP contribution is 2.33. The minimum absolute atomic E-state index is 0.0909. The van der Waals surface area contributed by atoms with Crippen molar-refractivity contribution in [1.82, 2.24) is 13.5 Å². The summed E-state index contributed by atoms with van der Waals surface area (Å²) in [7, 11) is -3.46. The van der Waals surface area contributed by atoms with Crippen molar-refractivity contribution in [3.8, 4) is 0 Å². The number of rotatable bonds is 3. The molecule has 1 amide bonds. The van der Waals surface area contributed by atoms with Crippen LogP contribution >= 0.6 is 0 Å². The summed E-state index contributed by atoms with van der Waals surface area (Å²) in [5.41, 5.74) is 5.90. The topological polar surface area (TPSA) is 96.2 Å². The van der Waals surface area contributed by atoms with Gasteiger partial charge >= 0.3 is 0 Å². The van der Waals surface area contributed by atoms with Crippen LogP contribution in [-0.4, -0.2) is 85.9 Å². The lowest BCUT2D eigenvalue weighted by atomic mass is 9.74. The minimum atomic E-state index is -3.46. The lowest BCUT2D eigenvalue weighted by Gasteiger charge is -2.42. The molecule has 0 aromatic heterocycles. The first kappa shape index (κ1) is 19.0. The van der Waals surface area contributed by atoms with E-state index < -0.39 is 15.7 Å². The summed E-state index contributed by atoms with van der Waals surface area (Å²) in [6.07, 6.45) is 3.81. The van der Waals surface area contributed by atoms with E-state index in [2.05, 4.69) is 0 Å². The van der Waals surface area contributed by atoms with Gasteiger partial charge in [-0.05, 0) is 19.8 Å². The number of amides is 1. The molecule has 3 fully saturated rings. The van der Waals surface area contributed by atoms with Crippen LogP contribution in [-0.2, 0) is 19.7 Å². The molecule has 144 valence electrons. The van der Waals surface area contributed by atoms with E-state index in [1.54, 1.807) is 4.90 Å². The zero-order chi connectivity index (χ0) is 18.1. The number of morpholine rings is 1. The fourth-order valence-electron chi connectivity index (χ4n) is 4.06. The Labute approximate surface area is 150 Å². The minimum Gasteiger partial charge on any atom is -0.379 e. The van der Waals surface area contributed by atoms with Gasteiger partial charge in [-0.2, -0.15) is 17.0 Å². The molecule has 0 bridgehead atoms. The van der Waals surface area contributed by atoms with Gasteiger partial charge in [0, 0.05) is 44.8 Å². The van der Waals surface area contributed by atoms with Gasteiger partial charge in [0.1, 0.15) is 0 Å². The number of hydrogen-bond acceptors (Lipinski definition) is 5. The Morgan fingerprint density at radius 2 is 1.64 bits per heavy atom. The van der Waals surface area contributed by atoms with Crippen LogP contribution in [0, 0.1) is 5.92 Å². The SMILES string of the molecule is CC1(N)CCCCC1C(=O)N1CCN(S(=O)(=O)N2CCOCC2)CC1. The van der Waals surface area contributed by atoms with E-state index in [0.29, 0.717) is 52.5 Å². The maximum Gasteiger partial charge on any atom is 0.282 e. The van der Waals surface area contributed by atoms with E-state index >= 15 is 0 Å². The molecule has 8 nitrogen and oxygen atoms in total. The molecule has 0 aromatic rings. The quantitative estimate of drug-likeness (QED) is 0.726. The molecule has 0 aromatic carbocycles. The Morgan fingerprint density at radius 3 is 2.24 bits per heavy atom. The zero-order valence-electron chi connectivity index (χ0n) is 15.0. The monoisotopic (exact) mass is 374 g/mol. The molecule has 2 saturated heterocycles. The predicted molar refractivity (Wildman–Crippen MR) is 94.0 cm³/mol. The van der Waals surface area contributed by atoms with Gasteiger partial charge in [0.15, 0.2) is 0 Å². The van der Waals surface area contributed by atoms with Crippen molar-refractivity contribution in [3.05, 3.63) is 0 Å². The lowest BCUT2D eigenvalue weighted by molar-refractivity contribution is -0.140. The van der Waals surface area contributed by atoms with Crippen molar-refractivity contribution in [2.24, 2.45) is 11.7 Å². The van der Waals surface area contributed by atoms with Crippen molar-refractivity contribution < 1.29 is 17.9 Å². The van der Waals surface area contributed by atoms with E-state index in [4.69, 9.17) is 10.5 Å². The first-order chi connectivity index (χ1) is 11.8. The highest BCUT2D eigenvalue weighted by molar-refractivity contribution is 7.86. The second-order valence-corrected chi connectivity index (χ2v) is 9.48. The fourth-order valence-corrected chi connectivity index (χ4v) is 5.63. The number of nitrogens with zero attached hydrogens (tertiary/aromatic N) is 3. The van der Waals surface area contributed by atoms with E-state index in [0.717, 1.165) is 25.7 Å². The Hall–Kier alpha value is -0.740. The van der Waals surface area contributed by atoms with Gasteiger partial charge < -0.3 is 15.4 Å². The molecule has 0 radical (unpaired) electrons. The predicted octanol–water partition coefficient (Wildman–Crippen LogP) is -0.385. The fraction of sp³-hybridized carbons (Fsp3) is 0.938. The van der Waals surface area contributed by atoms with Gasteiger partial charge in [-0.25, -0.2) is 0 Å². The van der Waals surface area contributed by atoms with E-state index in [1.165, 1.54) is 8.61 Å². The number of nitrogens with two attached hydrogens (primary N) is 1. The number of piperazine rings is 1. The normalized spacial score (nSPS) is 33.4. The summed E-state index contributed by atoms with van der Waals surface area (Å²) in [6.45, 7) is 5.21. The van der Waals surface area contributed by atoms with Crippen molar-refractivity contribution in [2.75, 3.05) is 52.5 Å². The molecule has 3 rings (SSSR count). The van der Waals surface area contributed by atoms with Crippen LogP contribution in [0.15, 0.2) is 0 Å². The standard InChI is InChI=1S/C16H30N4O4S/c1-16(17)5-3-2-4-14(16)15(21)18-6-8-19(9-7-18)25(22,23)20-10-12-24-13-11-20/h14H,2-13,17H2,1H3. The van der Waals surface area contributed by atoms with E-state index in [9.17, 15) is 13.2 Å². The van der Waals surface area contributed by atoms with Crippen molar-refractivity contribution in [2.45, 2.75) is 38.1 Å². The third-order valence-corrected chi connectivity index (χ3v) is 7.76. The van der Waals surface area contributed by atoms with Gasteiger partial charge in [-0.15, -0.1) is 0 Å². The van der Waals surface area contributed by atoms with Gasteiger partial charge in [0.2, 0.25) is 5.91 Å². The molecule has 2 aliphatic heterocycles. The largest absolute Gasteiger partial charge is 0.379 e. The van der Waals surface area contributed by atoms with Crippen LogP contribution in [0.2, 0.25) is 0 Å². The summed E-state index contributed by atoms with van der Waals surface area (Å²) in [5, 5.41) is 0. The Balaban J connectivity index is 1.59. The van der Waals surface area contributed by atoms with Crippen LogP contribution in [0.4, 0.5) is 0 Å². The second-order valence-electron chi connectivity index (χ2n) is 7.55. The first-order valence-corrected chi connectivity index (χ1v) is 10.6. The lowest BCUT2D eigenvalue weighted by Crippen LogP contribution is -2.59. The third kappa shape index (κ3) is 4.00. The Kier molecular flexibility index (Phi) is 5.69. The van der Waals surface area contributed by atoms with E-state index in [-0.39, 0.29) is 11.8 Å². The molecular weight excluding hydrogens is 344 g/mol. The van der Waals surface area contributed by atoms with Crippen LogP contribution in [0.3, 0.4) is 0 Å². The summed E-state index contributed by atoms with van der Waals surface area (Å²) >= 11 is 0. The molecule has 2 atom stereocenters. The molecular formula is C16H30N4O4S. The summed E-state index contributed by atoms with van der Waals surface area (Å²) < 4.78 is 33.6. The van der Waals surface area contributed by atoms with Crippen LogP contribution in [0.1, 0.15) is 32.6 Å². The highest BCUT2D eigenvalue weighted by Gasteiger charge is 2.41. The first-order valence-electron chi connectivity index (χ1n) is 9.23. The maximum absolute atomic E-state index is 12.9. The second kappa shape index (κ2) is 7.48. The van der Waals surface area contributed by atoms with Gasteiger partial charge in [-0.1, -0.05) is 12.8 Å². The molecule has 1 aliphatic carbocycles. The number of ether oxygens (including phenoxy) is 1. The summed E-state index contributed by atoms with van der Waals surface area (Å²) in [5.74, 6) is -0.0585. The molecule has 2 unspecified atom stereocenters. The molecule has 25 heavy (non-hydrogen) atoms. The van der Waals surface area contributed by atoms with Crippen molar-refractivity contribution >= 4 is 16.1 Å². The molecule has 0 spiro atoms. The summed E-state index contributed by atoms with van der Waals surface area (Å²) in [6, 6.07) is 0. The maximum atomic E-state index is 12.9. The number of carbonyl (C=O) groups is 1. The average Bonchev–Trinajstić information content (AvgIpc) is 2.62. The van der Waals surface area contributed by atoms with Crippen LogP contribution in [0.25, 0.3) is 0 Å². The van der Waals surface area contributed by atoms with Gasteiger partial charge in [0.25, 0.3) is 10.2 Å². The Bertz CT molecular complexity index is 581. The molecule has 2 N–H and O–H groups in total. The van der Waals surface area contributed by atoms with Gasteiger partial charge in [0.05, 0.1) is 19.1 Å². The van der Waals surface area contributed by atoms with Crippen molar-refractivity contribution in [1.29, 1.82) is 0 Å². The van der Waals surface area contributed by atoms with Gasteiger partial charge in [-0.3, -0.25) is 4.79 Å². The average molecular weight is 375 g/mol. The summed E-state index contributed by atoms with van der Waals surface area (Å²) in [4.78, 5) is 14.7. The van der Waals surface area contributed by atoms with Crippen LogP contribution in [0.5, 0.6) is 0 Å².